The van der Waals surface area contributed by atoms with E-state index < -0.39 is 47.3 Å². The van der Waals surface area contributed by atoms with Gasteiger partial charge in [-0.2, -0.15) is 8.78 Å². The third-order valence-electron chi connectivity index (χ3n) is 8.08. The number of carbonyl (C=O) groups excluding carboxylic acids is 1. The van der Waals surface area contributed by atoms with Crippen molar-refractivity contribution in [3.05, 3.63) is 143 Å². The summed E-state index contributed by atoms with van der Waals surface area (Å²) in [7, 11) is 0. The van der Waals surface area contributed by atoms with Crippen molar-refractivity contribution < 1.29 is 32.9 Å². The fraction of sp³-hybridized carbons (Fsp3) is 0.306. The number of rotatable bonds is 11. The van der Waals surface area contributed by atoms with Crippen LogP contribution in [0.5, 0.6) is 0 Å². The zero-order valence-electron chi connectivity index (χ0n) is 24.2. The summed E-state index contributed by atoms with van der Waals surface area (Å²) in [6.07, 6.45) is -2.99. The normalized spacial score (nSPS) is 24.0. The van der Waals surface area contributed by atoms with Gasteiger partial charge in [0.2, 0.25) is 0 Å². The van der Waals surface area contributed by atoms with Crippen LogP contribution in [0.4, 0.5) is 8.78 Å². The van der Waals surface area contributed by atoms with Crippen LogP contribution in [-0.4, -0.2) is 35.0 Å². The molecule has 4 aromatic carbocycles. The molecule has 5 nitrogen and oxygen atoms in total. The minimum atomic E-state index is -4.07. The summed E-state index contributed by atoms with van der Waals surface area (Å²) < 4.78 is 52.6. The molecule has 0 saturated carbocycles. The lowest BCUT2D eigenvalue weighted by atomic mass is 9.79. The third-order valence-corrected chi connectivity index (χ3v) is 8.08. The lowest BCUT2D eigenvalue weighted by molar-refractivity contribution is -0.419. The lowest BCUT2D eigenvalue weighted by Crippen LogP contribution is -2.69. The molecule has 0 bridgehead atoms. The van der Waals surface area contributed by atoms with Crippen LogP contribution >= 0.6 is 0 Å². The summed E-state index contributed by atoms with van der Waals surface area (Å²) in [5.41, 5.74) is 0.963. The first kappa shape index (κ1) is 30.7. The maximum Gasteiger partial charge on any atom is 0.329 e. The molecule has 0 unspecified atom stereocenters. The van der Waals surface area contributed by atoms with Crippen LogP contribution in [-0.2, 0) is 33.3 Å². The first-order chi connectivity index (χ1) is 20.8. The van der Waals surface area contributed by atoms with Crippen LogP contribution in [0.15, 0.2) is 115 Å². The molecule has 1 aliphatic heterocycles. The van der Waals surface area contributed by atoms with Gasteiger partial charge in [-0.15, -0.1) is 0 Å². The van der Waals surface area contributed by atoms with E-state index in [0.717, 1.165) is 17.2 Å². The van der Waals surface area contributed by atoms with Crippen LogP contribution < -0.4 is 0 Å². The summed E-state index contributed by atoms with van der Waals surface area (Å²) in [5.74, 6) is -8.22. The van der Waals surface area contributed by atoms with Gasteiger partial charge in [-0.05, 0) is 17.5 Å². The molecule has 1 saturated heterocycles. The maximum atomic E-state index is 17.0. The highest BCUT2D eigenvalue weighted by Gasteiger charge is 2.67. The van der Waals surface area contributed by atoms with Crippen molar-refractivity contribution in [1.82, 2.24) is 0 Å². The van der Waals surface area contributed by atoms with Crippen molar-refractivity contribution in [3.63, 3.8) is 0 Å². The van der Waals surface area contributed by atoms with E-state index in [2.05, 4.69) is 0 Å². The second kappa shape index (κ2) is 13.3. The molecule has 5 rings (SSSR count). The second-order valence-corrected chi connectivity index (χ2v) is 10.9. The highest BCUT2D eigenvalue weighted by molar-refractivity contribution is 6.10. The minimum absolute atomic E-state index is 0.0629. The topological polar surface area (TPSA) is 65.0 Å². The van der Waals surface area contributed by atoms with Crippen molar-refractivity contribution in [2.75, 3.05) is 0 Å². The van der Waals surface area contributed by atoms with E-state index in [4.69, 9.17) is 14.2 Å². The third kappa shape index (κ3) is 6.31. The number of benzene rings is 4. The molecule has 0 amide bonds. The Morgan fingerprint density at radius 1 is 0.814 bits per heavy atom. The van der Waals surface area contributed by atoms with E-state index in [1.807, 2.05) is 74.5 Å². The number of ketones is 1. The molecule has 0 aromatic heterocycles. The van der Waals surface area contributed by atoms with Gasteiger partial charge < -0.3 is 19.3 Å². The molecule has 7 heteroatoms. The maximum absolute atomic E-state index is 17.0. The predicted molar refractivity (Wildman–Crippen MR) is 160 cm³/mol. The monoisotopic (exact) mass is 586 g/mol. The molecule has 0 spiro atoms. The highest BCUT2D eigenvalue weighted by atomic mass is 19.3. The molecular weight excluding hydrogens is 550 g/mol. The molecule has 1 N–H and O–H groups in total. The Morgan fingerprint density at radius 3 is 1.91 bits per heavy atom. The van der Waals surface area contributed by atoms with Crippen molar-refractivity contribution in [3.8, 4) is 0 Å². The second-order valence-electron chi connectivity index (χ2n) is 10.9. The zero-order valence-corrected chi connectivity index (χ0v) is 24.2. The van der Waals surface area contributed by atoms with Crippen LogP contribution in [0.1, 0.15) is 52.9 Å². The van der Waals surface area contributed by atoms with Crippen LogP contribution in [0.25, 0.3) is 0 Å². The number of carbonyl (C=O) groups is 1. The molecular formula is C36H36F2O5. The highest BCUT2D eigenvalue weighted by Crippen LogP contribution is 2.50. The number of halogens is 2. The van der Waals surface area contributed by atoms with Crippen LogP contribution in [0.3, 0.4) is 0 Å². The van der Waals surface area contributed by atoms with E-state index in [1.165, 1.54) is 18.2 Å². The number of hydrogen-bond donors (Lipinski definition) is 1. The summed E-state index contributed by atoms with van der Waals surface area (Å²) >= 11 is 0. The Balaban J connectivity index is 1.58. The van der Waals surface area contributed by atoms with Gasteiger partial charge in [0.15, 0.2) is 5.78 Å². The predicted octanol–water partition coefficient (Wildman–Crippen LogP) is 7.31. The molecule has 1 aliphatic rings. The standard InChI is InChI=1S/C36H36F2O5/c1-3-31-25(2)33(41-23-26-15-7-4-8-16-26)34(42-24-27-17-9-5-10-18-27)36(40,43-31)35(37,38)30-22-14-13-21-29(30)32(39)28-19-11-6-12-20-28/h4-22,25,31,33-34,40H,3,23-24H2,1-2H3/t25-,31-,33+,34-,36-/m1/s1. The average molecular weight is 587 g/mol. The Labute approximate surface area is 251 Å². The largest absolute Gasteiger partial charge is 0.370 e. The van der Waals surface area contributed by atoms with Gasteiger partial charge in [0.05, 0.1) is 25.4 Å². The number of hydrogen-bond acceptors (Lipinski definition) is 5. The number of alkyl halides is 2. The first-order valence-electron chi connectivity index (χ1n) is 14.5. The van der Waals surface area contributed by atoms with Gasteiger partial charge >= 0.3 is 5.92 Å². The molecule has 43 heavy (non-hydrogen) atoms. The van der Waals surface area contributed by atoms with E-state index >= 15 is 8.78 Å². The molecule has 224 valence electrons. The lowest BCUT2D eigenvalue weighted by Gasteiger charge is -2.52. The van der Waals surface area contributed by atoms with E-state index in [1.54, 1.807) is 30.3 Å². The van der Waals surface area contributed by atoms with Crippen molar-refractivity contribution in [2.24, 2.45) is 5.92 Å². The van der Waals surface area contributed by atoms with Gasteiger partial charge in [0.1, 0.15) is 6.10 Å². The Kier molecular flexibility index (Phi) is 9.47. The van der Waals surface area contributed by atoms with E-state index in [9.17, 15) is 9.90 Å². The van der Waals surface area contributed by atoms with E-state index in [0.29, 0.717) is 6.42 Å². The van der Waals surface area contributed by atoms with E-state index in [-0.39, 0.29) is 24.3 Å². The smallest absolute Gasteiger partial charge is 0.329 e. The average Bonchev–Trinajstić information content (AvgIpc) is 3.05. The summed E-state index contributed by atoms with van der Waals surface area (Å²) in [6, 6.07) is 32.1. The Morgan fingerprint density at radius 2 is 1.33 bits per heavy atom. The fourth-order valence-corrected chi connectivity index (χ4v) is 5.69. The molecule has 5 atom stereocenters. The zero-order chi connectivity index (χ0) is 30.5. The Hall–Kier alpha value is -3.75. The summed E-state index contributed by atoms with van der Waals surface area (Å²) in [4.78, 5) is 13.5. The minimum Gasteiger partial charge on any atom is -0.370 e. The van der Waals surface area contributed by atoms with Gasteiger partial charge in [-0.25, -0.2) is 0 Å². The van der Waals surface area contributed by atoms with Gasteiger partial charge in [0.25, 0.3) is 5.79 Å². The van der Waals surface area contributed by atoms with Crippen molar-refractivity contribution >= 4 is 5.78 Å². The van der Waals surface area contributed by atoms with Crippen molar-refractivity contribution in [2.45, 2.75) is 63.5 Å². The van der Waals surface area contributed by atoms with Gasteiger partial charge in [0, 0.05) is 22.6 Å². The van der Waals surface area contributed by atoms with Crippen LogP contribution in [0, 0.1) is 5.92 Å². The summed E-state index contributed by atoms with van der Waals surface area (Å²) in [5, 5.41) is 12.2. The quantitative estimate of drug-likeness (QED) is 0.187. The van der Waals surface area contributed by atoms with Crippen LogP contribution in [0.2, 0.25) is 0 Å². The Bertz CT molecular complexity index is 1480. The summed E-state index contributed by atoms with van der Waals surface area (Å²) in [6.45, 7) is 3.73. The molecule has 0 radical (unpaired) electrons. The SMILES string of the molecule is CC[C@H]1O[C@@](O)(C(F)(F)c2ccccc2C(=O)c2ccccc2)[C@H](OCc2ccccc2)[C@@H](OCc2ccccc2)[C@@H]1C. The molecule has 0 aliphatic carbocycles. The molecule has 1 fully saturated rings. The number of aliphatic hydroxyl groups is 1. The number of ether oxygens (including phenoxy) is 3. The van der Waals surface area contributed by atoms with Gasteiger partial charge in [-0.1, -0.05) is 129 Å². The molecule has 1 heterocycles. The van der Waals surface area contributed by atoms with Crippen molar-refractivity contribution in [1.29, 1.82) is 0 Å². The molecule has 4 aromatic rings. The first-order valence-corrected chi connectivity index (χ1v) is 14.5. The van der Waals surface area contributed by atoms with Gasteiger partial charge in [-0.3, -0.25) is 4.79 Å². The fourth-order valence-electron chi connectivity index (χ4n) is 5.69.